The van der Waals surface area contributed by atoms with Crippen LogP contribution in [0.3, 0.4) is 0 Å². The molecule has 4 heteroatoms. The van der Waals surface area contributed by atoms with Crippen molar-refractivity contribution in [3.8, 4) is 0 Å². The summed E-state index contributed by atoms with van der Waals surface area (Å²) >= 11 is 1.73. The van der Waals surface area contributed by atoms with Crippen LogP contribution in [-0.2, 0) is 6.42 Å². The van der Waals surface area contributed by atoms with Crippen molar-refractivity contribution in [2.75, 3.05) is 6.54 Å². The smallest absolute Gasteiger partial charge is 0.105 e. The molecule has 1 N–H and O–H groups in total. The Balaban J connectivity index is 1.85. The molecule has 2 aromatic heterocycles. The van der Waals surface area contributed by atoms with Crippen LogP contribution in [0, 0.1) is 20.8 Å². The third kappa shape index (κ3) is 3.21. The summed E-state index contributed by atoms with van der Waals surface area (Å²) in [5.74, 6) is 1.99. The minimum absolute atomic E-state index is 0.323. The van der Waals surface area contributed by atoms with Crippen molar-refractivity contribution >= 4 is 11.3 Å². The zero-order chi connectivity index (χ0) is 13.1. The van der Waals surface area contributed by atoms with Gasteiger partial charge in [-0.2, -0.15) is 0 Å². The number of rotatable bonds is 5. The van der Waals surface area contributed by atoms with Gasteiger partial charge >= 0.3 is 0 Å². The predicted octanol–water partition coefficient (Wildman–Crippen LogP) is 3.55. The van der Waals surface area contributed by atoms with Gasteiger partial charge in [-0.1, -0.05) is 0 Å². The van der Waals surface area contributed by atoms with E-state index in [9.17, 15) is 0 Å². The third-order valence-electron chi connectivity index (χ3n) is 3.00. The number of aromatic nitrogens is 1. The van der Waals surface area contributed by atoms with Gasteiger partial charge in [0, 0.05) is 35.6 Å². The Hall–Kier alpha value is -1.13. The molecule has 0 bridgehead atoms. The fraction of sp³-hybridized carbons (Fsp3) is 0.500. The second-order valence-corrected chi connectivity index (χ2v) is 5.62. The lowest BCUT2D eigenvalue weighted by Crippen LogP contribution is -2.21. The van der Waals surface area contributed by atoms with Crippen molar-refractivity contribution in [1.29, 1.82) is 0 Å². The van der Waals surface area contributed by atoms with Gasteiger partial charge in [-0.3, -0.25) is 0 Å². The molecule has 0 spiro atoms. The maximum Gasteiger partial charge on any atom is 0.105 e. The molecule has 1 atom stereocenters. The summed E-state index contributed by atoms with van der Waals surface area (Å²) in [6.07, 6.45) is 0.985. The summed E-state index contributed by atoms with van der Waals surface area (Å²) in [5, 5.41) is 6.82. The van der Waals surface area contributed by atoms with Crippen molar-refractivity contribution in [1.82, 2.24) is 10.3 Å². The molecule has 0 aliphatic carbocycles. The molecule has 0 aliphatic heterocycles. The summed E-state index contributed by atoms with van der Waals surface area (Å²) < 4.78 is 5.55. The molecule has 2 heterocycles. The number of furan rings is 1. The van der Waals surface area contributed by atoms with Crippen LogP contribution in [-0.4, -0.2) is 11.5 Å². The van der Waals surface area contributed by atoms with Gasteiger partial charge in [-0.25, -0.2) is 4.98 Å². The number of aryl methyl sites for hydroxylation is 3. The summed E-state index contributed by atoms with van der Waals surface area (Å²) in [7, 11) is 0. The Morgan fingerprint density at radius 3 is 2.72 bits per heavy atom. The van der Waals surface area contributed by atoms with Gasteiger partial charge in [0.25, 0.3) is 0 Å². The van der Waals surface area contributed by atoms with E-state index in [0.717, 1.165) is 30.2 Å². The van der Waals surface area contributed by atoms with Crippen LogP contribution < -0.4 is 5.32 Å². The Morgan fingerprint density at radius 1 is 1.39 bits per heavy atom. The predicted molar refractivity (Wildman–Crippen MR) is 75.2 cm³/mol. The number of nitrogens with one attached hydrogen (secondary N) is 1. The van der Waals surface area contributed by atoms with Crippen LogP contribution in [0.4, 0.5) is 0 Å². The zero-order valence-electron chi connectivity index (χ0n) is 11.4. The Morgan fingerprint density at radius 2 is 2.17 bits per heavy atom. The van der Waals surface area contributed by atoms with E-state index >= 15 is 0 Å². The first kappa shape index (κ1) is 13.3. The quantitative estimate of drug-likeness (QED) is 0.897. The van der Waals surface area contributed by atoms with Crippen molar-refractivity contribution in [3.05, 3.63) is 39.2 Å². The lowest BCUT2D eigenvalue weighted by Gasteiger charge is -2.12. The largest absolute Gasteiger partial charge is 0.466 e. The summed E-state index contributed by atoms with van der Waals surface area (Å²) in [5.41, 5.74) is 2.37. The van der Waals surface area contributed by atoms with Crippen LogP contribution in [0.5, 0.6) is 0 Å². The van der Waals surface area contributed by atoms with Gasteiger partial charge in [-0.05, 0) is 33.8 Å². The molecule has 98 valence electrons. The second kappa shape index (κ2) is 5.67. The first-order valence-electron chi connectivity index (χ1n) is 6.27. The molecular weight excluding hydrogens is 244 g/mol. The minimum Gasteiger partial charge on any atom is -0.466 e. The number of hydrogen-bond donors (Lipinski definition) is 1. The molecule has 18 heavy (non-hydrogen) atoms. The van der Waals surface area contributed by atoms with Gasteiger partial charge < -0.3 is 9.73 Å². The Kier molecular flexibility index (Phi) is 4.19. The summed E-state index contributed by atoms with van der Waals surface area (Å²) in [6.45, 7) is 9.15. The van der Waals surface area contributed by atoms with Gasteiger partial charge in [-0.15, -0.1) is 11.3 Å². The van der Waals surface area contributed by atoms with Gasteiger partial charge in [0.05, 0.1) is 5.01 Å². The molecule has 0 aromatic carbocycles. The topological polar surface area (TPSA) is 38.1 Å². The Bertz CT molecular complexity index is 516. The first-order valence-corrected chi connectivity index (χ1v) is 7.15. The van der Waals surface area contributed by atoms with E-state index in [1.54, 1.807) is 11.3 Å². The normalized spacial score (nSPS) is 12.9. The van der Waals surface area contributed by atoms with E-state index in [-0.39, 0.29) is 0 Å². The highest BCUT2D eigenvalue weighted by Crippen LogP contribution is 2.21. The van der Waals surface area contributed by atoms with Crippen LogP contribution in [0.2, 0.25) is 0 Å². The van der Waals surface area contributed by atoms with E-state index in [2.05, 4.69) is 28.7 Å². The van der Waals surface area contributed by atoms with E-state index < -0.39 is 0 Å². The third-order valence-corrected chi connectivity index (χ3v) is 4.03. The van der Waals surface area contributed by atoms with Crippen LogP contribution >= 0.6 is 11.3 Å². The monoisotopic (exact) mass is 264 g/mol. The fourth-order valence-electron chi connectivity index (χ4n) is 2.10. The molecule has 1 unspecified atom stereocenters. The molecule has 0 amide bonds. The van der Waals surface area contributed by atoms with Crippen molar-refractivity contribution < 1.29 is 4.42 Å². The summed E-state index contributed by atoms with van der Waals surface area (Å²) in [6, 6.07) is 2.43. The molecule has 3 nitrogen and oxygen atoms in total. The zero-order valence-corrected chi connectivity index (χ0v) is 12.2. The van der Waals surface area contributed by atoms with Crippen LogP contribution in [0.15, 0.2) is 15.9 Å². The lowest BCUT2D eigenvalue weighted by molar-refractivity contribution is 0.490. The maximum absolute atomic E-state index is 5.55. The van der Waals surface area contributed by atoms with E-state index in [1.165, 1.54) is 10.6 Å². The second-order valence-electron chi connectivity index (χ2n) is 4.68. The van der Waals surface area contributed by atoms with Gasteiger partial charge in [0.1, 0.15) is 11.5 Å². The van der Waals surface area contributed by atoms with Gasteiger partial charge in [0.15, 0.2) is 0 Å². The highest BCUT2D eigenvalue weighted by molar-refractivity contribution is 7.09. The lowest BCUT2D eigenvalue weighted by atomic mass is 10.1. The number of hydrogen-bond acceptors (Lipinski definition) is 4. The van der Waals surface area contributed by atoms with E-state index in [4.69, 9.17) is 4.42 Å². The molecular formula is C14H20N2OS. The SMILES string of the molecule is Cc1csc(CCNC(C)c2cc(C)oc2C)n1. The van der Waals surface area contributed by atoms with Crippen LogP contribution in [0.25, 0.3) is 0 Å². The van der Waals surface area contributed by atoms with E-state index in [0.29, 0.717) is 6.04 Å². The number of nitrogens with zero attached hydrogens (tertiary/aromatic N) is 1. The molecule has 0 radical (unpaired) electrons. The number of thiazole rings is 1. The average molecular weight is 264 g/mol. The minimum atomic E-state index is 0.323. The molecule has 0 aliphatic rings. The molecule has 0 fully saturated rings. The van der Waals surface area contributed by atoms with E-state index in [1.807, 2.05) is 20.8 Å². The standard InChI is InChI=1S/C14H20N2OS/c1-9-8-18-14(16-9)5-6-15-11(3)13-7-10(2)17-12(13)4/h7-8,11,15H,5-6H2,1-4H3. The molecule has 0 saturated carbocycles. The first-order chi connectivity index (χ1) is 8.56. The van der Waals surface area contributed by atoms with Crippen molar-refractivity contribution in [3.63, 3.8) is 0 Å². The highest BCUT2D eigenvalue weighted by atomic mass is 32.1. The summed E-state index contributed by atoms with van der Waals surface area (Å²) in [4.78, 5) is 4.46. The van der Waals surface area contributed by atoms with Crippen molar-refractivity contribution in [2.24, 2.45) is 0 Å². The van der Waals surface area contributed by atoms with Gasteiger partial charge in [0.2, 0.25) is 0 Å². The molecule has 0 saturated heterocycles. The fourth-order valence-corrected chi connectivity index (χ4v) is 2.88. The Labute approximate surface area is 112 Å². The average Bonchev–Trinajstić information content (AvgIpc) is 2.85. The molecule has 2 rings (SSSR count). The van der Waals surface area contributed by atoms with Crippen molar-refractivity contribution in [2.45, 2.75) is 40.2 Å². The maximum atomic E-state index is 5.55. The van der Waals surface area contributed by atoms with Crippen LogP contribution in [0.1, 0.15) is 40.8 Å². The molecule has 2 aromatic rings. The highest BCUT2D eigenvalue weighted by Gasteiger charge is 2.12.